The van der Waals surface area contributed by atoms with E-state index in [0.717, 1.165) is 12.8 Å². The third-order valence-corrected chi connectivity index (χ3v) is 2.43. The summed E-state index contributed by atoms with van der Waals surface area (Å²) in [6.45, 7) is 2.59. The van der Waals surface area contributed by atoms with Gasteiger partial charge >= 0.3 is 5.97 Å². The summed E-state index contributed by atoms with van der Waals surface area (Å²) in [7, 11) is 0. The molecule has 1 saturated heterocycles. The molecule has 1 heterocycles. The summed E-state index contributed by atoms with van der Waals surface area (Å²) in [5.74, 6) is 0.111. The lowest BCUT2D eigenvalue weighted by atomic mass is 10.0. The second kappa shape index (κ2) is 5.18. The molecule has 12 heavy (non-hydrogen) atoms. The SMILES string of the molecule is CC1CCCCCCCOC1=O. The van der Waals surface area contributed by atoms with E-state index < -0.39 is 0 Å². The first-order valence-electron chi connectivity index (χ1n) is 4.97. The molecule has 0 aromatic rings. The monoisotopic (exact) mass is 170 g/mol. The molecule has 1 aliphatic rings. The van der Waals surface area contributed by atoms with Gasteiger partial charge in [-0.3, -0.25) is 4.79 Å². The molecule has 2 nitrogen and oxygen atoms in total. The number of carbonyl (C=O) groups excluding carboxylic acids is 1. The van der Waals surface area contributed by atoms with Crippen LogP contribution in [-0.2, 0) is 9.53 Å². The predicted octanol–water partition coefficient (Wildman–Crippen LogP) is 2.52. The zero-order chi connectivity index (χ0) is 8.81. The van der Waals surface area contributed by atoms with Gasteiger partial charge in [0.2, 0.25) is 0 Å². The normalized spacial score (nSPS) is 27.8. The Bertz CT molecular complexity index is 143. The van der Waals surface area contributed by atoms with Crippen molar-refractivity contribution in [1.29, 1.82) is 0 Å². The van der Waals surface area contributed by atoms with Gasteiger partial charge in [-0.15, -0.1) is 0 Å². The van der Waals surface area contributed by atoms with Crippen molar-refractivity contribution in [3.8, 4) is 0 Å². The molecule has 1 fully saturated rings. The van der Waals surface area contributed by atoms with Crippen LogP contribution >= 0.6 is 0 Å². The topological polar surface area (TPSA) is 26.3 Å². The van der Waals surface area contributed by atoms with E-state index in [0.29, 0.717) is 6.61 Å². The van der Waals surface area contributed by atoms with Crippen LogP contribution < -0.4 is 0 Å². The Kier molecular flexibility index (Phi) is 4.12. The minimum atomic E-state index is -0.00287. The van der Waals surface area contributed by atoms with E-state index in [9.17, 15) is 4.79 Å². The number of ether oxygens (including phenoxy) is 1. The molecule has 0 radical (unpaired) electrons. The molecule has 0 amide bonds. The van der Waals surface area contributed by atoms with Crippen LogP contribution in [0.2, 0.25) is 0 Å². The summed E-state index contributed by atoms with van der Waals surface area (Å²) in [6.07, 6.45) is 7.00. The van der Waals surface area contributed by atoms with Crippen molar-refractivity contribution in [2.24, 2.45) is 5.92 Å². The van der Waals surface area contributed by atoms with Gasteiger partial charge in [-0.25, -0.2) is 0 Å². The van der Waals surface area contributed by atoms with Crippen molar-refractivity contribution in [3.05, 3.63) is 0 Å². The Morgan fingerprint density at radius 1 is 1.17 bits per heavy atom. The molecular weight excluding hydrogens is 152 g/mol. The fourth-order valence-electron chi connectivity index (χ4n) is 1.52. The van der Waals surface area contributed by atoms with E-state index in [-0.39, 0.29) is 11.9 Å². The maximum atomic E-state index is 11.2. The molecule has 1 unspecified atom stereocenters. The Labute approximate surface area is 74.3 Å². The fourth-order valence-corrected chi connectivity index (χ4v) is 1.52. The quantitative estimate of drug-likeness (QED) is 0.522. The number of hydrogen-bond acceptors (Lipinski definition) is 2. The lowest BCUT2D eigenvalue weighted by molar-refractivity contribution is -0.148. The third-order valence-electron chi connectivity index (χ3n) is 2.43. The van der Waals surface area contributed by atoms with E-state index in [2.05, 4.69) is 0 Å². The van der Waals surface area contributed by atoms with Crippen molar-refractivity contribution >= 4 is 5.97 Å². The van der Waals surface area contributed by atoms with Crippen LogP contribution in [0.1, 0.15) is 45.4 Å². The first-order chi connectivity index (χ1) is 5.80. The zero-order valence-corrected chi connectivity index (χ0v) is 7.84. The molecule has 0 spiro atoms. The lowest BCUT2D eigenvalue weighted by Gasteiger charge is -2.13. The minimum Gasteiger partial charge on any atom is -0.465 e. The molecule has 1 atom stereocenters. The van der Waals surface area contributed by atoms with Gasteiger partial charge in [0.1, 0.15) is 0 Å². The summed E-state index contributed by atoms with van der Waals surface area (Å²) >= 11 is 0. The summed E-state index contributed by atoms with van der Waals surface area (Å²) in [5.41, 5.74) is 0. The van der Waals surface area contributed by atoms with E-state index in [1.165, 1.54) is 25.7 Å². The van der Waals surface area contributed by atoms with Crippen molar-refractivity contribution < 1.29 is 9.53 Å². The average molecular weight is 170 g/mol. The van der Waals surface area contributed by atoms with Crippen molar-refractivity contribution in [2.45, 2.75) is 45.4 Å². The van der Waals surface area contributed by atoms with Crippen molar-refractivity contribution in [3.63, 3.8) is 0 Å². The second-order valence-electron chi connectivity index (χ2n) is 3.62. The maximum absolute atomic E-state index is 11.2. The molecule has 0 aromatic heterocycles. The van der Waals surface area contributed by atoms with Crippen LogP contribution in [0.25, 0.3) is 0 Å². The van der Waals surface area contributed by atoms with Gasteiger partial charge in [-0.1, -0.05) is 32.6 Å². The zero-order valence-electron chi connectivity index (χ0n) is 7.84. The van der Waals surface area contributed by atoms with Gasteiger partial charge in [0.05, 0.1) is 12.5 Å². The average Bonchev–Trinajstić information content (AvgIpc) is 2.08. The fraction of sp³-hybridized carbons (Fsp3) is 0.900. The number of rotatable bonds is 0. The molecule has 0 aliphatic carbocycles. The van der Waals surface area contributed by atoms with Gasteiger partial charge in [0.25, 0.3) is 0 Å². The Morgan fingerprint density at radius 2 is 1.83 bits per heavy atom. The van der Waals surface area contributed by atoms with Gasteiger partial charge < -0.3 is 4.74 Å². The van der Waals surface area contributed by atoms with Crippen LogP contribution in [-0.4, -0.2) is 12.6 Å². The molecule has 70 valence electrons. The molecular formula is C10H18O2. The van der Waals surface area contributed by atoms with Crippen LogP contribution in [0.15, 0.2) is 0 Å². The predicted molar refractivity (Wildman–Crippen MR) is 47.8 cm³/mol. The van der Waals surface area contributed by atoms with Gasteiger partial charge in [0, 0.05) is 0 Å². The van der Waals surface area contributed by atoms with Crippen LogP contribution in [0.3, 0.4) is 0 Å². The van der Waals surface area contributed by atoms with E-state index in [1.807, 2.05) is 6.92 Å². The standard InChI is InChI=1S/C10H18O2/c1-9-7-5-3-2-4-6-8-12-10(9)11/h9H,2-8H2,1H3. The maximum Gasteiger partial charge on any atom is 0.308 e. The van der Waals surface area contributed by atoms with E-state index in [4.69, 9.17) is 4.74 Å². The largest absolute Gasteiger partial charge is 0.465 e. The molecule has 0 saturated carbocycles. The van der Waals surface area contributed by atoms with Crippen molar-refractivity contribution in [1.82, 2.24) is 0 Å². The van der Waals surface area contributed by atoms with Crippen molar-refractivity contribution in [2.75, 3.05) is 6.61 Å². The minimum absolute atomic E-state index is 0.00287. The second-order valence-corrected chi connectivity index (χ2v) is 3.62. The number of carbonyl (C=O) groups is 1. The summed E-state index contributed by atoms with van der Waals surface area (Å²) in [6, 6.07) is 0. The Hall–Kier alpha value is -0.530. The Balaban J connectivity index is 2.31. The van der Waals surface area contributed by atoms with Gasteiger partial charge in [-0.2, -0.15) is 0 Å². The first kappa shape index (κ1) is 9.56. The first-order valence-corrected chi connectivity index (χ1v) is 4.97. The summed E-state index contributed by atoms with van der Waals surface area (Å²) in [4.78, 5) is 11.2. The smallest absolute Gasteiger partial charge is 0.308 e. The van der Waals surface area contributed by atoms with E-state index >= 15 is 0 Å². The van der Waals surface area contributed by atoms with Gasteiger partial charge in [0.15, 0.2) is 0 Å². The molecule has 1 rings (SSSR count). The van der Waals surface area contributed by atoms with Crippen LogP contribution in [0.4, 0.5) is 0 Å². The van der Waals surface area contributed by atoms with Crippen LogP contribution in [0.5, 0.6) is 0 Å². The Morgan fingerprint density at radius 3 is 2.67 bits per heavy atom. The van der Waals surface area contributed by atoms with Crippen LogP contribution in [0, 0.1) is 5.92 Å². The summed E-state index contributed by atoms with van der Waals surface area (Å²) < 4.78 is 5.09. The molecule has 0 aromatic carbocycles. The third kappa shape index (κ3) is 3.24. The molecule has 0 bridgehead atoms. The molecule has 0 N–H and O–H groups in total. The highest BCUT2D eigenvalue weighted by Gasteiger charge is 2.14. The highest BCUT2D eigenvalue weighted by atomic mass is 16.5. The summed E-state index contributed by atoms with van der Waals surface area (Å²) in [5, 5.41) is 0. The molecule has 2 heteroatoms. The van der Waals surface area contributed by atoms with E-state index in [1.54, 1.807) is 0 Å². The highest BCUT2D eigenvalue weighted by molar-refractivity contribution is 5.71. The van der Waals surface area contributed by atoms with Gasteiger partial charge in [-0.05, 0) is 12.8 Å². The lowest BCUT2D eigenvalue weighted by Crippen LogP contribution is -2.16. The highest BCUT2D eigenvalue weighted by Crippen LogP contribution is 2.14. The number of cyclic esters (lactones) is 1. The molecule has 1 aliphatic heterocycles. The number of hydrogen-bond donors (Lipinski definition) is 0. The number of esters is 1.